The standard InChI is InChI=1S/C14H13ClN4OS/c1-10(11-3-5-12(15)6-4-11)18-19-13(20)9-21-14-16-7-2-8-17-14/h2-8H,9H2,1H3,(H,19,20). The fraction of sp³-hybridized carbons (Fsp3) is 0.143. The summed E-state index contributed by atoms with van der Waals surface area (Å²) < 4.78 is 0. The molecule has 0 unspecified atom stereocenters. The maximum absolute atomic E-state index is 11.7. The van der Waals surface area contributed by atoms with Crippen molar-refractivity contribution in [3.63, 3.8) is 0 Å². The quantitative estimate of drug-likeness (QED) is 0.398. The fourth-order valence-corrected chi connectivity index (χ4v) is 2.15. The normalized spacial score (nSPS) is 11.2. The molecule has 1 heterocycles. The van der Waals surface area contributed by atoms with E-state index < -0.39 is 0 Å². The Kier molecular flexibility index (Phi) is 5.71. The Balaban J connectivity index is 1.85. The Morgan fingerprint density at radius 2 is 1.95 bits per heavy atom. The molecule has 0 bridgehead atoms. The lowest BCUT2D eigenvalue weighted by Crippen LogP contribution is -2.21. The van der Waals surface area contributed by atoms with Gasteiger partial charge in [-0.3, -0.25) is 4.79 Å². The van der Waals surface area contributed by atoms with Crippen LogP contribution in [-0.4, -0.2) is 27.3 Å². The van der Waals surface area contributed by atoms with E-state index in [1.807, 2.05) is 19.1 Å². The number of nitrogens with zero attached hydrogens (tertiary/aromatic N) is 3. The number of nitrogens with one attached hydrogen (secondary N) is 1. The Hall–Kier alpha value is -1.92. The van der Waals surface area contributed by atoms with Gasteiger partial charge < -0.3 is 0 Å². The van der Waals surface area contributed by atoms with Crippen molar-refractivity contribution < 1.29 is 4.79 Å². The average molecular weight is 321 g/mol. The molecule has 1 amide bonds. The van der Waals surface area contributed by atoms with Gasteiger partial charge in [0.1, 0.15) is 0 Å². The maximum Gasteiger partial charge on any atom is 0.250 e. The lowest BCUT2D eigenvalue weighted by atomic mass is 10.1. The van der Waals surface area contributed by atoms with Crippen LogP contribution in [0.2, 0.25) is 5.02 Å². The molecule has 21 heavy (non-hydrogen) atoms. The van der Waals surface area contributed by atoms with Gasteiger partial charge in [-0.25, -0.2) is 15.4 Å². The summed E-state index contributed by atoms with van der Waals surface area (Å²) in [6.45, 7) is 1.82. The summed E-state index contributed by atoms with van der Waals surface area (Å²) in [5.41, 5.74) is 4.12. The SMILES string of the molecule is CC(=NNC(=O)CSc1ncccn1)c1ccc(Cl)cc1. The van der Waals surface area contributed by atoms with E-state index in [9.17, 15) is 4.79 Å². The number of hydrogen-bond donors (Lipinski definition) is 1. The van der Waals surface area contributed by atoms with Crippen LogP contribution >= 0.6 is 23.4 Å². The number of hydrogen-bond acceptors (Lipinski definition) is 5. The Bertz CT molecular complexity index is 631. The van der Waals surface area contributed by atoms with Crippen LogP contribution in [0.5, 0.6) is 0 Å². The van der Waals surface area contributed by atoms with Crippen LogP contribution in [0.1, 0.15) is 12.5 Å². The zero-order valence-electron chi connectivity index (χ0n) is 11.3. The van der Waals surface area contributed by atoms with Crippen molar-refractivity contribution in [2.45, 2.75) is 12.1 Å². The lowest BCUT2D eigenvalue weighted by molar-refractivity contribution is -0.118. The number of carbonyl (C=O) groups is 1. The minimum Gasteiger partial charge on any atom is -0.272 e. The van der Waals surface area contributed by atoms with Crippen LogP contribution in [0.3, 0.4) is 0 Å². The van der Waals surface area contributed by atoms with E-state index in [1.165, 1.54) is 11.8 Å². The van der Waals surface area contributed by atoms with E-state index in [-0.39, 0.29) is 11.7 Å². The van der Waals surface area contributed by atoms with Crippen molar-refractivity contribution >= 4 is 35.0 Å². The lowest BCUT2D eigenvalue weighted by Gasteiger charge is -2.03. The monoisotopic (exact) mass is 320 g/mol. The summed E-state index contributed by atoms with van der Waals surface area (Å²) in [6.07, 6.45) is 3.27. The van der Waals surface area contributed by atoms with Gasteiger partial charge in [-0.2, -0.15) is 5.10 Å². The first-order valence-electron chi connectivity index (χ1n) is 6.14. The average Bonchev–Trinajstić information content (AvgIpc) is 2.52. The van der Waals surface area contributed by atoms with Crippen molar-refractivity contribution in [3.8, 4) is 0 Å². The van der Waals surface area contributed by atoms with E-state index in [0.717, 1.165) is 5.56 Å². The molecule has 1 aromatic heterocycles. The van der Waals surface area contributed by atoms with Gasteiger partial charge >= 0.3 is 0 Å². The third-order valence-electron chi connectivity index (χ3n) is 2.48. The molecule has 2 aromatic rings. The van der Waals surface area contributed by atoms with E-state index in [2.05, 4.69) is 20.5 Å². The van der Waals surface area contributed by atoms with Crippen LogP contribution in [0, 0.1) is 0 Å². The molecule has 108 valence electrons. The van der Waals surface area contributed by atoms with Crippen molar-refractivity contribution in [2.75, 3.05) is 5.75 Å². The van der Waals surface area contributed by atoms with Crippen molar-refractivity contribution in [3.05, 3.63) is 53.3 Å². The Morgan fingerprint density at radius 3 is 2.62 bits per heavy atom. The maximum atomic E-state index is 11.7. The summed E-state index contributed by atoms with van der Waals surface area (Å²) in [4.78, 5) is 19.7. The van der Waals surface area contributed by atoms with Crippen molar-refractivity contribution in [2.24, 2.45) is 5.10 Å². The van der Waals surface area contributed by atoms with E-state index >= 15 is 0 Å². The molecular formula is C14H13ClN4OS. The van der Waals surface area contributed by atoms with Crippen LogP contribution in [0.4, 0.5) is 0 Å². The van der Waals surface area contributed by atoms with Gasteiger partial charge in [0.2, 0.25) is 0 Å². The summed E-state index contributed by atoms with van der Waals surface area (Å²) in [7, 11) is 0. The van der Waals surface area contributed by atoms with Gasteiger partial charge in [-0.15, -0.1) is 0 Å². The molecule has 0 aliphatic carbocycles. The number of rotatable bonds is 5. The van der Waals surface area contributed by atoms with Gasteiger partial charge in [0.05, 0.1) is 11.5 Å². The van der Waals surface area contributed by atoms with E-state index in [0.29, 0.717) is 15.9 Å². The number of hydrazone groups is 1. The number of thioether (sulfide) groups is 1. The first-order chi connectivity index (χ1) is 10.1. The van der Waals surface area contributed by atoms with Crippen LogP contribution in [0.15, 0.2) is 53.0 Å². The number of carbonyl (C=O) groups excluding carboxylic acids is 1. The molecule has 1 aromatic carbocycles. The van der Waals surface area contributed by atoms with Gasteiger partial charge in [0.25, 0.3) is 5.91 Å². The highest BCUT2D eigenvalue weighted by molar-refractivity contribution is 7.99. The van der Waals surface area contributed by atoms with Gasteiger partial charge in [-0.05, 0) is 30.7 Å². The molecule has 0 aliphatic heterocycles. The second kappa shape index (κ2) is 7.75. The number of benzene rings is 1. The van der Waals surface area contributed by atoms with Crippen LogP contribution in [-0.2, 0) is 4.79 Å². The molecule has 0 spiro atoms. The molecule has 0 atom stereocenters. The predicted molar refractivity (Wildman–Crippen MR) is 84.6 cm³/mol. The van der Waals surface area contributed by atoms with E-state index in [1.54, 1.807) is 30.6 Å². The molecule has 5 nitrogen and oxygen atoms in total. The zero-order valence-corrected chi connectivity index (χ0v) is 12.9. The minimum absolute atomic E-state index is 0.208. The summed E-state index contributed by atoms with van der Waals surface area (Å²) >= 11 is 7.08. The molecule has 0 radical (unpaired) electrons. The van der Waals surface area contributed by atoms with Gasteiger partial charge in [-0.1, -0.05) is 35.5 Å². The number of aromatic nitrogens is 2. The minimum atomic E-state index is -0.208. The Labute approximate surface area is 131 Å². The predicted octanol–water partition coefficient (Wildman–Crippen LogP) is 2.76. The van der Waals surface area contributed by atoms with Crippen LogP contribution in [0.25, 0.3) is 0 Å². The zero-order chi connectivity index (χ0) is 15.1. The molecule has 0 fully saturated rings. The topological polar surface area (TPSA) is 67.2 Å². The second-order valence-electron chi connectivity index (χ2n) is 4.06. The Morgan fingerprint density at radius 1 is 1.29 bits per heavy atom. The van der Waals surface area contributed by atoms with Crippen molar-refractivity contribution in [1.29, 1.82) is 0 Å². The van der Waals surface area contributed by atoms with E-state index in [4.69, 9.17) is 11.6 Å². The van der Waals surface area contributed by atoms with Gasteiger partial charge in [0, 0.05) is 17.4 Å². The smallest absolute Gasteiger partial charge is 0.250 e. The molecular weight excluding hydrogens is 308 g/mol. The molecule has 0 saturated carbocycles. The largest absolute Gasteiger partial charge is 0.272 e. The third kappa shape index (κ3) is 5.17. The van der Waals surface area contributed by atoms with Crippen LogP contribution < -0.4 is 5.43 Å². The number of amides is 1. The molecule has 0 saturated heterocycles. The first kappa shape index (κ1) is 15.5. The molecule has 1 N–H and O–H groups in total. The third-order valence-corrected chi connectivity index (χ3v) is 3.61. The summed E-state index contributed by atoms with van der Waals surface area (Å²) in [5.74, 6) is 0.00211. The molecule has 0 aliphatic rings. The van der Waals surface area contributed by atoms with Gasteiger partial charge in [0.15, 0.2) is 5.16 Å². The second-order valence-corrected chi connectivity index (χ2v) is 5.44. The highest BCUT2D eigenvalue weighted by atomic mass is 35.5. The molecule has 7 heteroatoms. The fourth-order valence-electron chi connectivity index (χ4n) is 1.42. The summed E-state index contributed by atoms with van der Waals surface area (Å²) in [6, 6.07) is 8.98. The van der Waals surface area contributed by atoms with Crippen molar-refractivity contribution in [1.82, 2.24) is 15.4 Å². The first-order valence-corrected chi connectivity index (χ1v) is 7.50. The number of halogens is 1. The molecule has 2 rings (SSSR count). The summed E-state index contributed by atoms with van der Waals surface area (Å²) in [5, 5.41) is 5.28. The highest BCUT2D eigenvalue weighted by Crippen LogP contribution is 2.11. The highest BCUT2D eigenvalue weighted by Gasteiger charge is 2.04.